The molecule has 0 aliphatic carbocycles. The van der Waals surface area contributed by atoms with Gasteiger partial charge >= 0.3 is 5.97 Å². The lowest BCUT2D eigenvalue weighted by Gasteiger charge is -2.14. The number of anilines is 1. The fourth-order valence-electron chi connectivity index (χ4n) is 1.80. The lowest BCUT2D eigenvalue weighted by atomic mass is 10.0. The fourth-order valence-corrected chi connectivity index (χ4v) is 1.80. The van der Waals surface area contributed by atoms with Crippen LogP contribution in [-0.4, -0.2) is 30.6 Å². The summed E-state index contributed by atoms with van der Waals surface area (Å²) in [5.74, 6) is -0.748. The molecule has 0 saturated carbocycles. The van der Waals surface area contributed by atoms with E-state index in [9.17, 15) is 9.59 Å². The van der Waals surface area contributed by atoms with Gasteiger partial charge in [-0.15, -0.1) is 0 Å². The summed E-state index contributed by atoms with van der Waals surface area (Å²) in [7, 11) is 1.51. The summed E-state index contributed by atoms with van der Waals surface area (Å²) in [6, 6.07) is 4.83. The zero-order chi connectivity index (χ0) is 15.1. The number of hydrogen-bond acceptors (Lipinski definition) is 4. The Hall–Kier alpha value is -2.24. The Kier molecular flexibility index (Phi) is 5.83. The third kappa shape index (κ3) is 4.46. The Morgan fingerprint density at radius 2 is 2.15 bits per heavy atom. The Bertz CT molecular complexity index is 488. The van der Waals surface area contributed by atoms with Gasteiger partial charge in [-0.1, -0.05) is 13.3 Å². The van der Waals surface area contributed by atoms with Crippen molar-refractivity contribution in [1.82, 2.24) is 5.32 Å². The van der Waals surface area contributed by atoms with Crippen LogP contribution >= 0.6 is 0 Å². The summed E-state index contributed by atoms with van der Waals surface area (Å²) in [4.78, 5) is 22.7. The monoisotopic (exact) mass is 280 g/mol. The van der Waals surface area contributed by atoms with Gasteiger partial charge in [0, 0.05) is 18.7 Å². The van der Waals surface area contributed by atoms with E-state index in [0.717, 1.165) is 0 Å². The zero-order valence-corrected chi connectivity index (χ0v) is 11.7. The molecule has 1 aromatic rings. The predicted molar refractivity (Wildman–Crippen MR) is 75.8 cm³/mol. The highest BCUT2D eigenvalue weighted by molar-refractivity contribution is 5.99. The molecule has 0 spiro atoms. The Balaban J connectivity index is 2.68. The van der Waals surface area contributed by atoms with E-state index in [2.05, 4.69) is 5.32 Å². The number of nitrogen functional groups attached to an aromatic ring is 1. The number of carboxylic acids is 1. The molecule has 4 N–H and O–H groups in total. The van der Waals surface area contributed by atoms with Crippen LogP contribution in [0.2, 0.25) is 0 Å². The third-order valence-electron chi connectivity index (χ3n) is 3.10. The molecule has 1 amide bonds. The second-order valence-corrected chi connectivity index (χ2v) is 4.54. The number of aliphatic carboxylic acids is 1. The summed E-state index contributed by atoms with van der Waals surface area (Å²) in [5, 5.41) is 11.5. The lowest BCUT2D eigenvalue weighted by molar-refractivity contribution is -0.138. The van der Waals surface area contributed by atoms with E-state index in [1.807, 2.05) is 6.92 Å². The van der Waals surface area contributed by atoms with Gasteiger partial charge in [-0.25, -0.2) is 0 Å². The molecule has 20 heavy (non-hydrogen) atoms. The van der Waals surface area contributed by atoms with Gasteiger partial charge in [-0.2, -0.15) is 0 Å². The Labute approximate surface area is 117 Å². The molecule has 0 saturated heterocycles. The van der Waals surface area contributed by atoms with Crippen LogP contribution in [0.25, 0.3) is 0 Å². The summed E-state index contributed by atoms with van der Waals surface area (Å²) < 4.78 is 5.05. The van der Waals surface area contributed by atoms with Gasteiger partial charge in [0.2, 0.25) is 0 Å². The molecule has 1 unspecified atom stereocenters. The predicted octanol–water partition coefficient (Wildman–Crippen LogP) is 1.51. The van der Waals surface area contributed by atoms with Crippen molar-refractivity contribution < 1.29 is 19.4 Å². The maximum atomic E-state index is 12.0. The SMILES string of the molecule is CCC(CNC(=O)c1cc(OC)ccc1N)CC(=O)O. The van der Waals surface area contributed by atoms with E-state index in [1.165, 1.54) is 7.11 Å². The van der Waals surface area contributed by atoms with Crippen LogP contribution in [0.15, 0.2) is 18.2 Å². The smallest absolute Gasteiger partial charge is 0.303 e. The molecule has 0 radical (unpaired) electrons. The van der Waals surface area contributed by atoms with E-state index in [0.29, 0.717) is 30.0 Å². The van der Waals surface area contributed by atoms with Crippen molar-refractivity contribution >= 4 is 17.6 Å². The number of amides is 1. The number of benzene rings is 1. The highest BCUT2D eigenvalue weighted by Crippen LogP contribution is 2.19. The largest absolute Gasteiger partial charge is 0.497 e. The summed E-state index contributed by atoms with van der Waals surface area (Å²) in [6.45, 7) is 2.19. The topological polar surface area (TPSA) is 102 Å². The van der Waals surface area contributed by atoms with E-state index >= 15 is 0 Å². The molecule has 6 heteroatoms. The maximum Gasteiger partial charge on any atom is 0.303 e. The van der Waals surface area contributed by atoms with E-state index in [4.69, 9.17) is 15.6 Å². The molecule has 1 atom stereocenters. The quantitative estimate of drug-likeness (QED) is 0.657. The van der Waals surface area contributed by atoms with Gasteiger partial charge in [0.05, 0.1) is 12.7 Å². The minimum atomic E-state index is -0.869. The van der Waals surface area contributed by atoms with Gasteiger partial charge in [0.25, 0.3) is 5.91 Å². The molecule has 0 aromatic heterocycles. The molecular formula is C14H20N2O4. The molecule has 0 bridgehead atoms. The highest BCUT2D eigenvalue weighted by atomic mass is 16.5. The number of nitrogens with one attached hydrogen (secondary N) is 1. The number of carbonyl (C=O) groups is 2. The lowest BCUT2D eigenvalue weighted by Crippen LogP contribution is -2.30. The van der Waals surface area contributed by atoms with Crippen LogP contribution in [0.5, 0.6) is 5.75 Å². The van der Waals surface area contributed by atoms with Crippen molar-refractivity contribution in [1.29, 1.82) is 0 Å². The number of ether oxygens (including phenoxy) is 1. The molecule has 6 nitrogen and oxygen atoms in total. The van der Waals surface area contributed by atoms with Gasteiger partial charge in [-0.3, -0.25) is 9.59 Å². The molecule has 1 rings (SSSR count). The normalized spacial score (nSPS) is 11.7. The number of nitrogens with two attached hydrogens (primary N) is 1. The Morgan fingerprint density at radius 1 is 1.45 bits per heavy atom. The van der Waals surface area contributed by atoms with E-state index < -0.39 is 5.97 Å². The second-order valence-electron chi connectivity index (χ2n) is 4.54. The average Bonchev–Trinajstić information content (AvgIpc) is 2.43. The van der Waals surface area contributed by atoms with Crippen molar-refractivity contribution in [2.24, 2.45) is 5.92 Å². The minimum absolute atomic E-state index is 0.0321. The summed E-state index contributed by atoms with van der Waals surface area (Å²) >= 11 is 0. The average molecular weight is 280 g/mol. The first-order valence-electron chi connectivity index (χ1n) is 6.41. The second kappa shape index (κ2) is 7.37. The maximum absolute atomic E-state index is 12.0. The number of carbonyl (C=O) groups excluding carboxylic acids is 1. The zero-order valence-electron chi connectivity index (χ0n) is 11.7. The molecule has 1 aromatic carbocycles. The first kappa shape index (κ1) is 15.8. The van der Waals surface area contributed by atoms with Crippen LogP contribution in [-0.2, 0) is 4.79 Å². The number of hydrogen-bond donors (Lipinski definition) is 3. The summed E-state index contributed by atoms with van der Waals surface area (Å²) in [6.07, 6.45) is 0.713. The first-order chi connectivity index (χ1) is 9.47. The van der Waals surface area contributed by atoms with Gasteiger partial charge in [0.1, 0.15) is 5.75 Å². The van der Waals surface area contributed by atoms with Crippen LogP contribution in [0.3, 0.4) is 0 Å². The minimum Gasteiger partial charge on any atom is -0.497 e. The number of rotatable bonds is 7. The first-order valence-corrected chi connectivity index (χ1v) is 6.41. The molecular weight excluding hydrogens is 260 g/mol. The van der Waals surface area contributed by atoms with Gasteiger partial charge in [0.15, 0.2) is 0 Å². The fraction of sp³-hybridized carbons (Fsp3) is 0.429. The number of methoxy groups -OCH3 is 1. The van der Waals surface area contributed by atoms with Gasteiger partial charge < -0.3 is 20.9 Å². The Morgan fingerprint density at radius 3 is 2.70 bits per heavy atom. The van der Waals surface area contributed by atoms with Crippen LogP contribution < -0.4 is 15.8 Å². The van der Waals surface area contributed by atoms with E-state index in [-0.39, 0.29) is 18.2 Å². The molecule has 0 fully saturated rings. The summed E-state index contributed by atoms with van der Waals surface area (Å²) in [5.41, 5.74) is 6.44. The van der Waals surface area contributed by atoms with Crippen molar-refractivity contribution in [3.63, 3.8) is 0 Å². The van der Waals surface area contributed by atoms with Crippen LogP contribution in [0.1, 0.15) is 30.1 Å². The van der Waals surface area contributed by atoms with Crippen molar-refractivity contribution in [3.05, 3.63) is 23.8 Å². The van der Waals surface area contributed by atoms with Crippen LogP contribution in [0.4, 0.5) is 5.69 Å². The van der Waals surface area contributed by atoms with E-state index in [1.54, 1.807) is 18.2 Å². The number of carboxylic acid groups (broad SMARTS) is 1. The molecule has 0 heterocycles. The van der Waals surface area contributed by atoms with Crippen LogP contribution in [0, 0.1) is 5.92 Å². The van der Waals surface area contributed by atoms with Crippen molar-refractivity contribution in [2.75, 3.05) is 19.4 Å². The molecule has 0 aliphatic rings. The van der Waals surface area contributed by atoms with Gasteiger partial charge in [-0.05, 0) is 24.1 Å². The van der Waals surface area contributed by atoms with Crippen molar-refractivity contribution in [2.45, 2.75) is 19.8 Å². The standard InChI is InChI=1S/C14H20N2O4/c1-3-9(6-13(17)18)8-16-14(19)11-7-10(20-2)4-5-12(11)15/h4-5,7,9H,3,6,8,15H2,1-2H3,(H,16,19)(H,17,18). The third-order valence-corrected chi connectivity index (χ3v) is 3.10. The molecule has 110 valence electrons. The highest BCUT2D eigenvalue weighted by Gasteiger charge is 2.15. The van der Waals surface area contributed by atoms with Crippen molar-refractivity contribution in [3.8, 4) is 5.75 Å². The molecule has 0 aliphatic heterocycles.